The van der Waals surface area contributed by atoms with E-state index in [9.17, 15) is 9.59 Å². The van der Waals surface area contributed by atoms with Crippen molar-refractivity contribution in [2.45, 2.75) is 13.1 Å². The zero-order valence-electron chi connectivity index (χ0n) is 16.1. The van der Waals surface area contributed by atoms with E-state index in [2.05, 4.69) is 40.1 Å². The molecule has 3 aromatic heterocycles. The van der Waals surface area contributed by atoms with Crippen molar-refractivity contribution in [2.24, 2.45) is 0 Å². The van der Waals surface area contributed by atoms with Crippen molar-refractivity contribution in [3.63, 3.8) is 0 Å². The second-order valence-corrected chi connectivity index (χ2v) is 6.19. The fraction of sp³-hybridized carbons (Fsp3) is 0.222. The van der Waals surface area contributed by atoms with Crippen molar-refractivity contribution < 1.29 is 19.1 Å². The van der Waals surface area contributed by atoms with Gasteiger partial charge in [-0.25, -0.2) is 28.9 Å². The maximum atomic E-state index is 11.6. The number of ether oxygens (including phenoxy) is 2. The summed E-state index contributed by atoms with van der Waals surface area (Å²) in [6.45, 7) is 0.436. The van der Waals surface area contributed by atoms with Crippen LogP contribution in [0.4, 0.5) is 0 Å². The van der Waals surface area contributed by atoms with Crippen LogP contribution in [0.15, 0.2) is 36.7 Å². The lowest BCUT2D eigenvalue weighted by molar-refractivity contribution is 0.0585. The van der Waals surface area contributed by atoms with Crippen molar-refractivity contribution in [3.05, 3.63) is 59.4 Å². The summed E-state index contributed by atoms with van der Waals surface area (Å²) in [4.78, 5) is 32.6. The number of rotatable bonds is 6. The van der Waals surface area contributed by atoms with Gasteiger partial charge in [0.05, 0.1) is 62.1 Å². The highest BCUT2D eigenvalue weighted by Gasteiger charge is 2.16. The molecule has 1 aromatic carbocycles. The van der Waals surface area contributed by atoms with Gasteiger partial charge in [-0.15, -0.1) is 10.2 Å². The number of aromatic nitrogens is 8. The van der Waals surface area contributed by atoms with Gasteiger partial charge in [0.2, 0.25) is 0 Å². The van der Waals surface area contributed by atoms with E-state index >= 15 is 0 Å². The smallest absolute Gasteiger partial charge is 0.360 e. The number of fused-ring (bicyclic) bond motifs is 1. The Bertz CT molecular complexity index is 1140. The minimum Gasteiger partial charge on any atom is -0.464 e. The van der Waals surface area contributed by atoms with Crippen LogP contribution < -0.4 is 0 Å². The summed E-state index contributed by atoms with van der Waals surface area (Å²) < 4.78 is 12.2. The summed E-state index contributed by atoms with van der Waals surface area (Å²) in [5.41, 5.74) is 2.80. The molecule has 0 spiro atoms. The summed E-state index contributed by atoms with van der Waals surface area (Å²) in [5, 5.41) is 15.5. The Kier molecular flexibility index (Phi) is 5.11. The second kappa shape index (κ2) is 8.03. The molecular formula is C18H16N8O4. The number of methoxy groups -OCH3 is 2. The summed E-state index contributed by atoms with van der Waals surface area (Å²) in [6.07, 6.45) is 2.94. The Labute approximate surface area is 169 Å². The van der Waals surface area contributed by atoms with Crippen molar-refractivity contribution in [2.75, 3.05) is 14.2 Å². The van der Waals surface area contributed by atoms with E-state index in [0.717, 1.165) is 0 Å². The van der Waals surface area contributed by atoms with Crippen LogP contribution in [0.25, 0.3) is 11.0 Å². The van der Waals surface area contributed by atoms with Gasteiger partial charge in [0.25, 0.3) is 0 Å². The number of benzene rings is 1. The van der Waals surface area contributed by atoms with Crippen LogP contribution >= 0.6 is 0 Å². The van der Waals surface area contributed by atoms with E-state index in [4.69, 9.17) is 0 Å². The molecule has 0 saturated carbocycles. The molecule has 0 atom stereocenters. The largest absolute Gasteiger partial charge is 0.464 e. The minimum atomic E-state index is -0.580. The molecule has 0 saturated heterocycles. The van der Waals surface area contributed by atoms with Gasteiger partial charge < -0.3 is 9.47 Å². The van der Waals surface area contributed by atoms with E-state index < -0.39 is 11.9 Å². The Morgan fingerprint density at radius 2 is 1.23 bits per heavy atom. The zero-order chi connectivity index (χ0) is 21.1. The van der Waals surface area contributed by atoms with Crippen molar-refractivity contribution in [3.8, 4) is 0 Å². The summed E-state index contributed by atoms with van der Waals surface area (Å²) in [6, 6.07) is 7.43. The van der Waals surface area contributed by atoms with Gasteiger partial charge >= 0.3 is 11.9 Å². The first-order chi connectivity index (χ1) is 14.6. The summed E-state index contributed by atoms with van der Waals surface area (Å²) in [5.74, 6) is -1.16. The van der Waals surface area contributed by atoms with Gasteiger partial charge in [0.1, 0.15) is 0 Å². The Morgan fingerprint density at radius 3 is 1.63 bits per heavy atom. The lowest BCUT2D eigenvalue weighted by Crippen LogP contribution is -2.12. The Hall–Kier alpha value is -4.22. The molecule has 0 aliphatic heterocycles. The third kappa shape index (κ3) is 3.83. The molecule has 3 heterocycles. The van der Waals surface area contributed by atoms with E-state index in [-0.39, 0.29) is 24.5 Å². The average Bonchev–Trinajstić information content (AvgIpc) is 3.43. The van der Waals surface area contributed by atoms with Crippen LogP contribution in [0.5, 0.6) is 0 Å². The molecule has 4 rings (SSSR count). The third-order valence-corrected chi connectivity index (χ3v) is 4.22. The number of carbonyl (C=O) groups is 2. The van der Waals surface area contributed by atoms with Crippen LogP contribution in [0.2, 0.25) is 0 Å². The summed E-state index contributed by atoms with van der Waals surface area (Å²) >= 11 is 0. The number of esters is 2. The van der Waals surface area contributed by atoms with E-state index in [1.54, 1.807) is 0 Å². The van der Waals surface area contributed by atoms with Gasteiger partial charge in [-0.3, -0.25) is 0 Å². The van der Waals surface area contributed by atoms with E-state index in [0.29, 0.717) is 22.4 Å². The standard InChI is InChI=1S/C18H16N8O4/c1-29-17(27)15-9-25(23-21-15)7-13-14(20-12-6-4-3-5-11(12)19-13)8-26-10-16(22-24-26)18(28)30-2/h3-6,9-10H,7-8H2,1-2H3. The van der Waals surface area contributed by atoms with Crippen molar-refractivity contribution in [1.82, 2.24) is 40.0 Å². The Morgan fingerprint density at radius 1 is 0.800 bits per heavy atom. The average molecular weight is 408 g/mol. The molecule has 0 fully saturated rings. The maximum Gasteiger partial charge on any atom is 0.360 e. The molecule has 0 bridgehead atoms. The quantitative estimate of drug-likeness (QED) is 0.414. The first kappa shape index (κ1) is 19.1. The van der Waals surface area contributed by atoms with Crippen LogP contribution in [0.3, 0.4) is 0 Å². The topological polar surface area (TPSA) is 140 Å². The SMILES string of the molecule is COC(=O)c1cn(Cc2nc3ccccc3nc2Cn2cc(C(=O)OC)nn2)nn1. The highest BCUT2D eigenvalue weighted by molar-refractivity contribution is 5.87. The van der Waals surface area contributed by atoms with Crippen LogP contribution in [0.1, 0.15) is 32.4 Å². The third-order valence-electron chi connectivity index (χ3n) is 4.22. The molecule has 4 aromatic rings. The zero-order valence-corrected chi connectivity index (χ0v) is 16.1. The molecule has 12 heteroatoms. The lowest BCUT2D eigenvalue weighted by Gasteiger charge is -2.09. The molecule has 0 unspecified atom stereocenters. The predicted octanol–water partition coefficient (Wildman–Crippen LogP) is 0.483. The minimum absolute atomic E-state index is 0.0896. The van der Waals surface area contributed by atoms with Gasteiger partial charge in [0, 0.05) is 0 Å². The fourth-order valence-corrected chi connectivity index (χ4v) is 2.78. The molecule has 152 valence electrons. The molecule has 30 heavy (non-hydrogen) atoms. The van der Waals surface area contributed by atoms with E-state index in [1.165, 1.54) is 36.0 Å². The van der Waals surface area contributed by atoms with Gasteiger partial charge in [0.15, 0.2) is 11.4 Å². The number of hydrogen-bond acceptors (Lipinski definition) is 10. The van der Waals surface area contributed by atoms with Crippen molar-refractivity contribution >= 4 is 23.0 Å². The first-order valence-corrected chi connectivity index (χ1v) is 8.79. The van der Waals surface area contributed by atoms with Gasteiger partial charge in [-0.05, 0) is 12.1 Å². The molecule has 0 N–H and O–H groups in total. The molecule has 12 nitrogen and oxygen atoms in total. The molecule has 0 aliphatic carbocycles. The number of para-hydroxylation sites is 2. The number of carbonyl (C=O) groups excluding carboxylic acids is 2. The molecule has 0 aliphatic rings. The monoisotopic (exact) mass is 408 g/mol. The van der Waals surface area contributed by atoms with Crippen LogP contribution in [-0.4, -0.2) is 66.1 Å². The number of nitrogens with zero attached hydrogens (tertiary/aromatic N) is 8. The molecular weight excluding hydrogens is 392 g/mol. The lowest BCUT2D eigenvalue weighted by atomic mass is 10.2. The summed E-state index contributed by atoms with van der Waals surface area (Å²) in [7, 11) is 2.55. The second-order valence-electron chi connectivity index (χ2n) is 6.19. The predicted molar refractivity (Wildman–Crippen MR) is 100 cm³/mol. The van der Waals surface area contributed by atoms with Crippen LogP contribution in [-0.2, 0) is 22.6 Å². The molecule has 0 radical (unpaired) electrons. The van der Waals surface area contributed by atoms with E-state index in [1.807, 2.05) is 24.3 Å². The first-order valence-electron chi connectivity index (χ1n) is 8.79. The fourth-order valence-electron chi connectivity index (χ4n) is 2.78. The highest BCUT2D eigenvalue weighted by Crippen LogP contribution is 2.15. The normalized spacial score (nSPS) is 10.9. The van der Waals surface area contributed by atoms with Crippen molar-refractivity contribution in [1.29, 1.82) is 0 Å². The highest BCUT2D eigenvalue weighted by atomic mass is 16.5. The number of hydrogen-bond donors (Lipinski definition) is 0. The van der Waals surface area contributed by atoms with Gasteiger partial charge in [-0.1, -0.05) is 22.6 Å². The molecule has 0 amide bonds. The van der Waals surface area contributed by atoms with Crippen LogP contribution in [0, 0.1) is 0 Å². The Balaban J connectivity index is 1.68. The van der Waals surface area contributed by atoms with Gasteiger partial charge in [-0.2, -0.15) is 0 Å². The maximum absolute atomic E-state index is 11.6.